The van der Waals surface area contributed by atoms with Gasteiger partial charge in [-0.2, -0.15) is 18.4 Å². The predicted molar refractivity (Wildman–Crippen MR) is 156 cm³/mol. The molecule has 2 aliphatic rings. The minimum atomic E-state index is -4.85. The molecule has 1 aliphatic heterocycles. The van der Waals surface area contributed by atoms with Crippen LogP contribution in [0.5, 0.6) is 0 Å². The number of nitriles is 1. The van der Waals surface area contributed by atoms with Gasteiger partial charge in [-0.05, 0) is 50.4 Å². The molecular weight excluding hydrogens is 583 g/mol. The van der Waals surface area contributed by atoms with Crippen LogP contribution in [0.25, 0.3) is 0 Å². The molecule has 13 heteroatoms. The Hall–Kier alpha value is -3.24. The van der Waals surface area contributed by atoms with Gasteiger partial charge in [0.05, 0.1) is 21.8 Å². The van der Waals surface area contributed by atoms with Gasteiger partial charge in [0.25, 0.3) is 0 Å². The van der Waals surface area contributed by atoms with E-state index in [9.17, 15) is 31.5 Å². The van der Waals surface area contributed by atoms with Crippen molar-refractivity contribution in [1.82, 2.24) is 15.3 Å². The van der Waals surface area contributed by atoms with Crippen molar-refractivity contribution < 1.29 is 31.5 Å². The van der Waals surface area contributed by atoms with Crippen LogP contribution >= 0.6 is 0 Å². The Morgan fingerprint density at radius 2 is 1.67 bits per heavy atom. The number of aromatic nitrogens is 2. The highest BCUT2D eigenvalue weighted by Gasteiger charge is 2.47. The lowest BCUT2D eigenvalue weighted by molar-refractivity contribution is -0.140. The predicted octanol–water partition coefficient (Wildman–Crippen LogP) is 5.77. The molecule has 43 heavy (non-hydrogen) atoms. The third-order valence-corrected chi connectivity index (χ3v) is 9.94. The number of alkyl halides is 3. The Morgan fingerprint density at radius 1 is 1.07 bits per heavy atom. The van der Waals surface area contributed by atoms with Crippen LogP contribution in [0.15, 0.2) is 47.6 Å². The number of carbonyl (C=O) groups is 1. The zero-order valence-corrected chi connectivity index (χ0v) is 25.2. The Kier molecular flexibility index (Phi) is 12.3. The Balaban J connectivity index is 0.000000271. The summed E-state index contributed by atoms with van der Waals surface area (Å²) >= 11 is 0. The Labute approximate surface area is 251 Å². The summed E-state index contributed by atoms with van der Waals surface area (Å²) in [5.74, 6) is -1.30. The lowest BCUT2D eigenvalue weighted by Crippen LogP contribution is -2.37. The smallest absolute Gasteiger partial charge is 0.417 e. The topological polar surface area (TPSA) is 136 Å². The van der Waals surface area contributed by atoms with Crippen LogP contribution in [0.4, 0.5) is 19.1 Å². The number of nitrogens with one attached hydrogen (secondary N) is 1. The Bertz CT molecular complexity index is 1330. The summed E-state index contributed by atoms with van der Waals surface area (Å²) in [6.45, 7) is 2.96. The van der Waals surface area contributed by atoms with Gasteiger partial charge in [-0.15, -0.1) is 0 Å². The van der Waals surface area contributed by atoms with E-state index in [1.807, 2.05) is 0 Å². The number of carboxylic acids is 1. The number of sulfone groups is 1. The lowest BCUT2D eigenvalue weighted by Gasteiger charge is -2.20. The molecule has 1 aromatic heterocycles. The average Bonchev–Trinajstić information content (AvgIpc) is 3.62. The van der Waals surface area contributed by atoms with Crippen molar-refractivity contribution in [1.29, 1.82) is 5.26 Å². The van der Waals surface area contributed by atoms with E-state index in [0.29, 0.717) is 6.07 Å². The molecule has 2 N–H and O–H groups in total. The van der Waals surface area contributed by atoms with Crippen molar-refractivity contribution >= 4 is 21.8 Å². The molecular formula is C30H40F3N5O4S. The minimum absolute atomic E-state index is 0.00621. The van der Waals surface area contributed by atoms with Crippen LogP contribution in [-0.2, 0) is 20.8 Å². The molecule has 0 unspecified atom stereocenters. The van der Waals surface area contributed by atoms with Crippen LogP contribution in [0.1, 0.15) is 83.1 Å². The number of carboxylic acid groups (broad SMARTS) is 1. The van der Waals surface area contributed by atoms with Crippen LogP contribution in [0.3, 0.4) is 0 Å². The number of halogens is 3. The van der Waals surface area contributed by atoms with Crippen molar-refractivity contribution in [3.05, 3.63) is 48.3 Å². The fourth-order valence-corrected chi connectivity index (χ4v) is 7.00. The van der Waals surface area contributed by atoms with E-state index in [1.54, 1.807) is 0 Å². The first-order chi connectivity index (χ1) is 20.4. The second kappa shape index (κ2) is 15.5. The number of hydrogen-bond acceptors (Lipinski definition) is 8. The molecule has 2 fully saturated rings. The quantitative estimate of drug-likeness (QED) is 0.251. The second-order valence-corrected chi connectivity index (χ2v) is 13.2. The van der Waals surface area contributed by atoms with Crippen molar-refractivity contribution in [2.24, 2.45) is 0 Å². The van der Waals surface area contributed by atoms with Crippen molar-refractivity contribution in [2.75, 3.05) is 18.0 Å². The van der Waals surface area contributed by atoms with Crippen molar-refractivity contribution in [2.45, 2.75) is 105 Å². The van der Waals surface area contributed by atoms with Crippen LogP contribution in [0.2, 0.25) is 0 Å². The maximum absolute atomic E-state index is 13.2. The summed E-state index contributed by atoms with van der Waals surface area (Å²) in [7, 11) is -4.44. The lowest BCUT2D eigenvalue weighted by atomic mass is 10.1. The molecule has 2 atom stereocenters. The first kappa shape index (κ1) is 34.3. The molecule has 1 saturated carbocycles. The fraction of sp³-hybridized carbons (Fsp3) is 0.600. The van der Waals surface area contributed by atoms with Gasteiger partial charge in [0, 0.05) is 18.9 Å². The highest BCUT2D eigenvalue weighted by Crippen LogP contribution is 2.38. The number of nitrogens with zero attached hydrogens (tertiary/aromatic N) is 4. The zero-order chi connectivity index (χ0) is 31.5. The molecule has 1 aliphatic carbocycles. The number of hydrogen-bond donors (Lipinski definition) is 2. The minimum Gasteiger partial charge on any atom is -0.480 e. The van der Waals surface area contributed by atoms with E-state index in [2.05, 4.69) is 28.3 Å². The van der Waals surface area contributed by atoms with E-state index in [1.165, 1.54) is 80.8 Å². The van der Waals surface area contributed by atoms with Gasteiger partial charge in [0.2, 0.25) is 5.95 Å². The second-order valence-electron chi connectivity index (χ2n) is 11.0. The third kappa shape index (κ3) is 9.63. The summed E-state index contributed by atoms with van der Waals surface area (Å²) in [5, 5.41) is 20.3. The molecule has 0 radical (unpaired) electrons. The van der Waals surface area contributed by atoms with Gasteiger partial charge in [0.1, 0.15) is 11.6 Å². The SMILES string of the molecule is CCCCCCCCCCNC1(C#N)CC1.O=C(O)[C@@H]1C[C@@H](S(=O)(=O)c2ccccc2C(F)(F)F)CN1c1ncccn1. The summed E-state index contributed by atoms with van der Waals surface area (Å²) in [6.07, 6.45) is 10.5. The monoisotopic (exact) mass is 623 g/mol. The molecule has 236 valence electrons. The number of aliphatic carboxylic acids is 1. The molecule has 0 spiro atoms. The molecule has 2 aromatic rings. The largest absolute Gasteiger partial charge is 0.480 e. The van der Waals surface area contributed by atoms with Gasteiger partial charge < -0.3 is 10.0 Å². The van der Waals surface area contributed by atoms with E-state index >= 15 is 0 Å². The van der Waals surface area contributed by atoms with E-state index in [0.717, 1.165) is 31.5 Å². The maximum atomic E-state index is 13.2. The number of benzene rings is 1. The molecule has 9 nitrogen and oxygen atoms in total. The first-order valence-electron chi connectivity index (χ1n) is 14.8. The van der Waals surface area contributed by atoms with Gasteiger partial charge in [-0.1, -0.05) is 64.0 Å². The third-order valence-electron chi connectivity index (χ3n) is 7.75. The van der Waals surface area contributed by atoms with E-state index in [4.69, 9.17) is 5.26 Å². The number of anilines is 1. The molecule has 2 heterocycles. The van der Waals surface area contributed by atoms with Crippen molar-refractivity contribution in [3.63, 3.8) is 0 Å². The van der Waals surface area contributed by atoms with Crippen LogP contribution in [0, 0.1) is 11.3 Å². The van der Waals surface area contributed by atoms with E-state index in [-0.39, 0.29) is 24.5 Å². The summed E-state index contributed by atoms with van der Waals surface area (Å²) in [6, 6.07) is 6.48. The molecule has 4 rings (SSSR count). The van der Waals surface area contributed by atoms with Gasteiger partial charge in [-0.25, -0.2) is 23.2 Å². The zero-order valence-electron chi connectivity index (χ0n) is 24.4. The first-order valence-corrected chi connectivity index (χ1v) is 16.3. The summed E-state index contributed by atoms with van der Waals surface area (Å²) < 4.78 is 65.4. The normalized spacial score (nSPS) is 19.3. The highest BCUT2D eigenvalue weighted by atomic mass is 32.2. The maximum Gasteiger partial charge on any atom is 0.417 e. The van der Waals surface area contributed by atoms with E-state index < -0.39 is 43.7 Å². The summed E-state index contributed by atoms with van der Waals surface area (Å²) in [4.78, 5) is 19.7. The average molecular weight is 624 g/mol. The molecule has 0 bridgehead atoms. The molecule has 0 amide bonds. The van der Waals surface area contributed by atoms with Gasteiger partial charge in [0.15, 0.2) is 9.84 Å². The summed E-state index contributed by atoms with van der Waals surface area (Å²) in [5.41, 5.74) is -1.38. The number of unbranched alkanes of at least 4 members (excludes halogenated alkanes) is 7. The van der Waals surface area contributed by atoms with Crippen LogP contribution in [-0.4, -0.2) is 59.4 Å². The van der Waals surface area contributed by atoms with Gasteiger partial charge >= 0.3 is 12.1 Å². The molecule has 1 aromatic carbocycles. The van der Waals surface area contributed by atoms with Crippen molar-refractivity contribution in [3.8, 4) is 6.07 Å². The Morgan fingerprint density at radius 3 is 2.23 bits per heavy atom. The van der Waals surface area contributed by atoms with Crippen LogP contribution < -0.4 is 10.2 Å². The molecule has 1 saturated heterocycles. The highest BCUT2D eigenvalue weighted by molar-refractivity contribution is 7.92. The number of rotatable bonds is 14. The van der Waals surface area contributed by atoms with Gasteiger partial charge in [-0.3, -0.25) is 5.32 Å². The fourth-order valence-electron chi connectivity index (χ4n) is 5.09. The standard InChI is InChI=1S/C16H14F3N3O4S.C14H26N2/c17-16(18,19)11-4-1-2-5-13(11)27(25,26)10-8-12(14(23)24)22(9-10)15-20-6-3-7-21-15;1-2-3-4-5-6-7-8-9-12-16-14(13-15)10-11-14/h1-7,10,12H,8-9H2,(H,23,24);16H,2-12H2,1H3/t10-,12+;/m1./s1.